The van der Waals surface area contributed by atoms with E-state index < -0.39 is 11.4 Å². The van der Waals surface area contributed by atoms with Crippen molar-refractivity contribution in [2.45, 2.75) is 45.8 Å². The molecule has 0 saturated heterocycles. The zero-order chi connectivity index (χ0) is 15.3. The van der Waals surface area contributed by atoms with Crippen LogP contribution in [0, 0.1) is 12.7 Å². The molecule has 1 aromatic rings. The Bertz CT molecular complexity index is 479. The van der Waals surface area contributed by atoms with E-state index in [1.807, 2.05) is 13.8 Å². The molecular formula is C15H23FN2O2. The number of carbonyl (C=O) groups is 1. The molecule has 0 aliphatic heterocycles. The summed E-state index contributed by atoms with van der Waals surface area (Å²) in [5.41, 5.74) is 5.15. The zero-order valence-corrected chi connectivity index (χ0v) is 12.5. The number of hydrogen-bond acceptors (Lipinski definition) is 3. The number of halogens is 1. The highest BCUT2D eigenvalue weighted by molar-refractivity contribution is 5.84. The number of carbonyl (C=O) groups excluding carboxylic acids is 1. The van der Waals surface area contributed by atoms with Crippen molar-refractivity contribution in [3.63, 3.8) is 0 Å². The lowest BCUT2D eigenvalue weighted by Gasteiger charge is -2.30. The molecule has 0 bridgehead atoms. The molecule has 0 spiro atoms. The molecule has 0 radical (unpaired) electrons. The van der Waals surface area contributed by atoms with Crippen molar-refractivity contribution >= 4 is 5.91 Å². The highest BCUT2D eigenvalue weighted by Crippen LogP contribution is 2.20. The number of primary amides is 1. The zero-order valence-electron chi connectivity index (χ0n) is 12.5. The van der Waals surface area contributed by atoms with Crippen LogP contribution in [0.4, 0.5) is 4.39 Å². The molecule has 1 rings (SSSR count). The Morgan fingerprint density at radius 1 is 1.55 bits per heavy atom. The van der Waals surface area contributed by atoms with Crippen molar-refractivity contribution in [1.82, 2.24) is 5.32 Å². The number of benzene rings is 1. The first-order valence-electron chi connectivity index (χ1n) is 6.76. The summed E-state index contributed by atoms with van der Waals surface area (Å²) in [5.74, 6) is -0.0931. The maximum atomic E-state index is 13.2. The number of likely N-dealkylation sites (N-methyl/N-ethyl adjacent to an activating group) is 1. The molecule has 20 heavy (non-hydrogen) atoms. The van der Waals surface area contributed by atoms with Gasteiger partial charge in [-0.2, -0.15) is 0 Å². The van der Waals surface area contributed by atoms with Gasteiger partial charge in [-0.3, -0.25) is 4.79 Å². The topological polar surface area (TPSA) is 64.3 Å². The molecule has 3 N–H and O–H groups in total. The Hall–Kier alpha value is -1.62. The molecule has 0 fully saturated rings. The van der Waals surface area contributed by atoms with E-state index in [1.165, 1.54) is 6.07 Å². The molecule has 1 amide bonds. The number of rotatable bonds is 7. The maximum Gasteiger partial charge on any atom is 0.237 e. The second-order valence-corrected chi connectivity index (χ2v) is 5.27. The Morgan fingerprint density at radius 2 is 2.20 bits per heavy atom. The van der Waals surface area contributed by atoms with Crippen LogP contribution in [0.5, 0.6) is 5.75 Å². The van der Waals surface area contributed by atoms with Crippen LogP contribution in [-0.2, 0) is 4.79 Å². The predicted molar refractivity (Wildman–Crippen MR) is 77.1 cm³/mol. The number of nitrogens with one attached hydrogen (secondary N) is 1. The number of hydrogen-bond donors (Lipinski definition) is 2. The van der Waals surface area contributed by atoms with Crippen molar-refractivity contribution in [3.8, 4) is 5.75 Å². The first-order valence-corrected chi connectivity index (χ1v) is 6.76. The summed E-state index contributed by atoms with van der Waals surface area (Å²) < 4.78 is 18.9. The van der Waals surface area contributed by atoms with Gasteiger partial charge in [-0.25, -0.2) is 4.39 Å². The van der Waals surface area contributed by atoms with Gasteiger partial charge in [0.05, 0.1) is 11.6 Å². The van der Waals surface area contributed by atoms with Gasteiger partial charge >= 0.3 is 0 Å². The van der Waals surface area contributed by atoms with E-state index in [1.54, 1.807) is 26.0 Å². The highest BCUT2D eigenvalue weighted by atomic mass is 19.1. The van der Waals surface area contributed by atoms with Gasteiger partial charge in [-0.1, -0.05) is 6.92 Å². The highest BCUT2D eigenvalue weighted by Gasteiger charge is 2.32. The van der Waals surface area contributed by atoms with Gasteiger partial charge in [0.2, 0.25) is 5.91 Å². The quantitative estimate of drug-likeness (QED) is 0.805. The molecule has 0 aliphatic carbocycles. The average Bonchev–Trinajstić information content (AvgIpc) is 2.33. The third kappa shape index (κ3) is 4.20. The Kier molecular flexibility index (Phi) is 5.51. The minimum Gasteiger partial charge on any atom is -0.491 e. The van der Waals surface area contributed by atoms with Crippen LogP contribution in [0.3, 0.4) is 0 Å². The smallest absolute Gasteiger partial charge is 0.237 e. The van der Waals surface area contributed by atoms with E-state index in [0.717, 1.165) is 0 Å². The van der Waals surface area contributed by atoms with Crippen LogP contribution in [0.25, 0.3) is 0 Å². The van der Waals surface area contributed by atoms with E-state index in [-0.39, 0.29) is 11.9 Å². The van der Waals surface area contributed by atoms with Crippen LogP contribution in [0.2, 0.25) is 0 Å². The SMILES string of the molecule is CCNC(C)(CC(C)Oc1ccc(F)c(C)c1)C(N)=O. The van der Waals surface area contributed by atoms with Crippen molar-refractivity contribution in [2.75, 3.05) is 6.54 Å². The van der Waals surface area contributed by atoms with Gasteiger partial charge in [-0.05, 0) is 51.1 Å². The molecule has 0 aromatic heterocycles. The van der Waals surface area contributed by atoms with Gasteiger partial charge in [0.25, 0.3) is 0 Å². The van der Waals surface area contributed by atoms with Crippen LogP contribution in [0.15, 0.2) is 18.2 Å². The first kappa shape index (κ1) is 16.4. The maximum absolute atomic E-state index is 13.2. The number of amides is 1. The van der Waals surface area contributed by atoms with Gasteiger partial charge in [0.15, 0.2) is 0 Å². The van der Waals surface area contributed by atoms with E-state index in [2.05, 4.69) is 5.32 Å². The fourth-order valence-electron chi connectivity index (χ4n) is 2.19. The summed E-state index contributed by atoms with van der Waals surface area (Å²) in [6, 6.07) is 4.59. The van der Waals surface area contributed by atoms with Gasteiger partial charge in [0.1, 0.15) is 11.6 Å². The molecule has 0 heterocycles. The molecule has 0 aliphatic rings. The molecule has 5 heteroatoms. The fraction of sp³-hybridized carbons (Fsp3) is 0.533. The molecule has 0 saturated carbocycles. The third-order valence-electron chi connectivity index (χ3n) is 3.27. The van der Waals surface area contributed by atoms with Gasteiger partial charge < -0.3 is 15.8 Å². The lowest BCUT2D eigenvalue weighted by molar-refractivity contribution is -0.124. The van der Waals surface area contributed by atoms with E-state index in [4.69, 9.17) is 10.5 Å². The Labute approximate surface area is 119 Å². The van der Waals surface area contributed by atoms with E-state index in [9.17, 15) is 9.18 Å². The minimum absolute atomic E-state index is 0.226. The average molecular weight is 282 g/mol. The normalized spacial score (nSPS) is 15.4. The fourth-order valence-corrected chi connectivity index (χ4v) is 2.19. The lowest BCUT2D eigenvalue weighted by Crippen LogP contribution is -2.55. The summed E-state index contributed by atoms with van der Waals surface area (Å²) >= 11 is 0. The minimum atomic E-state index is -0.816. The van der Waals surface area contributed by atoms with Crippen molar-refractivity contribution in [2.24, 2.45) is 5.73 Å². The first-order chi connectivity index (χ1) is 9.28. The molecule has 4 nitrogen and oxygen atoms in total. The van der Waals surface area contributed by atoms with Gasteiger partial charge in [-0.15, -0.1) is 0 Å². The molecule has 112 valence electrons. The van der Waals surface area contributed by atoms with E-state index in [0.29, 0.717) is 24.3 Å². The standard InChI is InChI=1S/C15H23FN2O2/c1-5-18-15(4,14(17)19)9-11(3)20-12-6-7-13(16)10(2)8-12/h6-8,11,18H,5,9H2,1-4H3,(H2,17,19). The Morgan fingerprint density at radius 3 is 2.70 bits per heavy atom. The van der Waals surface area contributed by atoms with Crippen LogP contribution in [0.1, 0.15) is 32.8 Å². The van der Waals surface area contributed by atoms with Crippen LogP contribution in [-0.4, -0.2) is 24.1 Å². The van der Waals surface area contributed by atoms with E-state index >= 15 is 0 Å². The molecule has 1 aromatic carbocycles. The molecular weight excluding hydrogens is 259 g/mol. The van der Waals surface area contributed by atoms with Gasteiger partial charge in [0, 0.05) is 6.42 Å². The second kappa shape index (κ2) is 6.70. The summed E-state index contributed by atoms with van der Waals surface area (Å²) in [6.45, 7) is 7.85. The summed E-state index contributed by atoms with van der Waals surface area (Å²) in [4.78, 5) is 11.6. The second-order valence-electron chi connectivity index (χ2n) is 5.27. The molecule has 2 atom stereocenters. The van der Waals surface area contributed by atoms with Crippen LogP contribution >= 0.6 is 0 Å². The van der Waals surface area contributed by atoms with Crippen LogP contribution < -0.4 is 15.8 Å². The monoisotopic (exact) mass is 282 g/mol. The third-order valence-corrected chi connectivity index (χ3v) is 3.27. The number of nitrogens with two attached hydrogens (primary N) is 1. The van der Waals surface area contributed by atoms with Crippen molar-refractivity contribution in [1.29, 1.82) is 0 Å². The lowest BCUT2D eigenvalue weighted by atomic mass is 9.94. The predicted octanol–water partition coefficient (Wildman–Crippen LogP) is 2.15. The number of aryl methyl sites for hydroxylation is 1. The van der Waals surface area contributed by atoms with Crippen molar-refractivity contribution < 1.29 is 13.9 Å². The number of ether oxygens (including phenoxy) is 1. The summed E-state index contributed by atoms with van der Waals surface area (Å²) in [7, 11) is 0. The van der Waals surface area contributed by atoms with Crippen molar-refractivity contribution in [3.05, 3.63) is 29.6 Å². The summed E-state index contributed by atoms with van der Waals surface area (Å²) in [6.07, 6.45) is 0.212. The largest absolute Gasteiger partial charge is 0.491 e. The Balaban J connectivity index is 2.72. The summed E-state index contributed by atoms with van der Waals surface area (Å²) in [5, 5.41) is 3.08. The molecule has 2 unspecified atom stereocenters.